The standard InChI is InChI=1S/C18H26N2O6S/c1-13(2)10-19-17(21)12-26-18(22)14-5-7-16(8-6-14)27(23,24)20-11-15-4-3-9-25-15/h5-8,13,15,20H,3-4,9-12H2,1-2H3,(H,19,21)/t15-/m0/s1. The van der Waals surface area contributed by atoms with Crippen molar-refractivity contribution in [3.63, 3.8) is 0 Å². The van der Waals surface area contributed by atoms with Crippen molar-refractivity contribution in [3.05, 3.63) is 29.8 Å². The zero-order valence-electron chi connectivity index (χ0n) is 15.6. The van der Waals surface area contributed by atoms with Gasteiger partial charge in [-0.05, 0) is 43.0 Å². The average Bonchev–Trinajstić information content (AvgIpc) is 3.16. The zero-order chi connectivity index (χ0) is 19.9. The molecule has 0 saturated carbocycles. The smallest absolute Gasteiger partial charge is 0.338 e. The molecule has 1 aliphatic heterocycles. The minimum atomic E-state index is -3.68. The number of ether oxygens (including phenoxy) is 2. The number of hydrogen-bond donors (Lipinski definition) is 2. The number of amides is 1. The predicted molar refractivity (Wildman–Crippen MR) is 98.7 cm³/mol. The zero-order valence-corrected chi connectivity index (χ0v) is 16.4. The van der Waals surface area contributed by atoms with Crippen LogP contribution in [0, 0.1) is 5.92 Å². The summed E-state index contributed by atoms with van der Waals surface area (Å²) in [6.45, 7) is 4.90. The quantitative estimate of drug-likeness (QED) is 0.602. The molecule has 2 N–H and O–H groups in total. The highest BCUT2D eigenvalue weighted by molar-refractivity contribution is 7.89. The molecule has 0 unspecified atom stereocenters. The fourth-order valence-corrected chi connectivity index (χ4v) is 3.51. The summed E-state index contributed by atoms with van der Waals surface area (Å²) in [5.41, 5.74) is 0.171. The summed E-state index contributed by atoms with van der Waals surface area (Å²) in [7, 11) is -3.68. The van der Waals surface area contributed by atoms with Crippen molar-refractivity contribution in [2.75, 3.05) is 26.3 Å². The molecular weight excluding hydrogens is 372 g/mol. The Balaban J connectivity index is 1.85. The van der Waals surface area contributed by atoms with E-state index in [1.54, 1.807) is 0 Å². The molecule has 27 heavy (non-hydrogen) atoms. The van der Waals surface area contributed by atoms with Gasteiger partial charge in [0, 0.05) is 19.7 Å². The maximum atomic E-state index is 12.3. The van der Waals surface area contributed by atoms with Gasteiger partial charge in [-0.25, -0.2) is 17.9 Å². The van der Waals surface area contributed by atoms with Gasteiger partial charge in [0.25, 0.3) is 5.91 Å². The summed E-state index contributed by atoms with van der Waals surface area (Å²) in [6, 6.07) is 5.37. The molecule has 0 aliphatic carbocycles. The van der Waals surface area contributed by atoms with Gasteiger partial charge >= 0.3 is 5.97 Å². The van der Waals surface area contributed by atoms with Gasteiger partial charge in [0.2, 0.25) is 10.0 Å². The van der Waals surface area contributed by atoms with Crippen molar-refractivity contribution in [2.24, 2.45) is 5.92 Å². The number of nitrogens with one attached hydrogen (secondary N) is 2. The topological polar surface area (TPSA) is 111 Å². The van der Waals surface area contributed by atoms with Crippen molar-refractivity contribution in [1.82, 2.24) is 10.0 Å². The minimum Gasteiger partial charge on any atom is -0.452 e. The summed E-state index contributed by atoms with van der Waals surface area (Å²) in [6.07, 6.45) is 1.66. The van der Waals surface area contributed by atoms with Crippen molar-refractivity contribution >= 4 is 21.9 Å². The van der Waals surface area contributed by atoms with Crippen molar-refractivity contribution < 1.29 is 27.5 Å². The molecule has 0 bridgehead atoms. The third-order valence-corrected chi connectivity index (χ3v) is 5.41. The summed E-state index contributed by atoms with van der Waals surface area (Å²) in [5.74, 6) is -0.770. The van der Waals surface area contributed by atoms with E-state index in [0.29, 0.717) is 19.1 Å². The molecule has 1 atom stereocenters. The Hall–Kier alpha value is -1.97. The summed E-state index contributed by atoms with van der Waals surface area (Å²) >= 11 is 0. The molecule has 2 rings (SSSR count). The lowest BCUT2D eigenvalue weighted by Gasteiger charge is -2.12. The molecule has 1 aromatic rings. The Morgan fingerprint density at radius 1 is 1.26 bits per heavy atom. The SMILES string of the molecule is CC(C)CNC(=O)COC(=O)c1ccc(S(=O)(=O)NC[C@@H]2CCCO2)cc1. The van der Waals surface area contributed by atoms with Crippen LogP contribution in [0.1, 0.15) is 37.0 Å². The molecule has 1 fully saturated rings. The summed E-state index contributed by atoms with van der Waals surface area (Å²) < 4.78 is 37.4. The van der Waals surface area contributed by atoms with E-state index < -0.39 is 16.0 Å². The maximum absolute atomic E-state index is 12.3. The molecule has 150 valence electrons. The molecule has 0 radical (unpaired) electrons. The van der Waals surface area contributed by atoms with E-state index in [9.17, 15) is 18.0 Å². The van der Waals surface area contributed by atoms with Gasteiger partial charge in [0.1, 0.15) is 0 Å². The minimum absolute atomic E-state index is 0.0479. The predicted octanol–water partition coefficient (Wildman–Crippen LogP) is 1.07. The van der Waals surface area contributed by atoms with Crippen molar-refractivity contribution in [2.45, 2.75) is 37.7 Å². The first-order chi connectivity index (χ1) is 12.8. The molecule has 1 aromatic carbocycles. The number of hydrogen-bond acceptors (Lipinski definition) is 6. The Labute approximate surface area is 159 Å². The van der Waals surface area contributed by atoms with Gasteiger partial charge < -0.3 is 14.8 Å². The van der Waals surface area contributed by atoms with Gasteiger partial charge in [0.05, 0.1) is 16.6 Å². The Morgan fingerprint density at radius 3 is 2.56 bits per heavy atom. The lowest BCUT2D eigenvalue weighted by atomic mass is 10.2. The Morgan fingerprint density at radius 2 is 1.96 bits per heavy atom. The fourth-order valence-electron chi connectivity index (χ4n) is 2.44. The van der Waals surface area contributed by atoms with Crippen LogP contribution in [0.25, 0.3) is 0 Å². The Kier molecular flexibility index (Phi) is 7.76. The second kappa shape index (κ2) is 9.82. The molecule has 1 aliphatic rings. The van der Waals surface area contributed by atoms with Crippen LogP contribution in [0.5, 0.6) is 0 Å². The number of rotatable bonds is 9. The third kappa shape index (κ3) is 6.93. The first kappa shape index (κ1) is 21.3. The maximum Gasteiger partial charge on any atom is 0.338 e. The van der Waals surface area contributed by atoms with Crippen LogP contribution in [-0.4, -0.2) is 52.7 Å². The molecule has 1 saturated heterocycles. The van der Waals surface area contributed by atoms with E-state index in [4.69, 9.17) is 9.47 Å². The van der Waals surface area contributed by atoms with E-state index in [2.05, 4.69) is 10.0 Å². The van der Waals surface area contributed by atoms with Crippen LogP contribution < -0.4 is 10.0 Å². The largest absolute Gasteiger partial charge is 0.452 e. The second-order valence-electron chi connectivity index (χ2n) is 6.79. The van der Waals surface area contributed by atoms with Gasteiger partial charge in [-0.3, -0.25) is 4.79 Å². The molecule has 9 heteroatoms. The Bertz CT molecular complexity index is 740. The van der Waals surface area contributed by atoms with Crippen LogP contribution >= 0.6 is 0 Å². The number of esters is 1. The highest BCUT2D eigenvalue weighted by Crippen LogP contribution is 2.14. The third-order valence-electron chi connectivity index (χ3n) is 3.97. The average molecular weight is 398 g/mol. The molecule has 1 heterocycles. The van der Waals surface area contributed by atoms with Crippen molar-refractivity contribution in [3.8, 4) is 0 Å². The number of benzene rings is 1. The first-order valence-electron chi connectivity index (χ1n) is 8.93. The molecule has 0 spiro atoms. The lowest BCUT2D eigenvalue weighted by molar-refractivity contribution is -0.124. The molecule has 1 amide bonds. The van der Waals surface area contributed by atoms with Crippen LogP contribution in [0.15, 0.2) is 29.2 Å². The van der Waals surface area contributed by atoms with E-state index in [0.717, 1.165) is 12.8 Å². The van der Waals surface area contributed by atoms with E-state index in [1.807, 2.05) is 13.8 Å². The van der Waals surface area contributed by atoms with Gasteiger partial charge in [-0.15, -0.1) is 0 Å². The van der Waals surface area contributed by atoms with Crippen LogP contribution in [0.2, 0.25) is 0 Å². The van der Waals surface area contributed by atoms with E-state index in [-0.39, 0.29) is 35.6 Å². The molecule has 0 aromatic heterocycles. The van der Waals surface area contributed by atoms with Crippen LogP contribution in [0.3, 0.4) is 0 Å². The fraction of sp³-hybridized carbons (Fsp3) is 0.556. The summed E-state index contributed by atoms with van der Waals surface area (Å²) in [5, 5.41) is 2.64. The van der Waals surface area contributed by atoms with Crippen molar-refractivity contribution in [1.29, 1.82) is 0 Å². The van der Waals surface area contributed by atoms with E-state index >= 15 is 0 Å². The normalized spacial score (nSPS) is 17.1. The first-order valence-corrected chi connectivity index (χ1v) is 10.4. The molecule has 8 nitrogen and oxygen atoms in total. The highest BCUT2D eigenvalue weighted by atomic mass is 32.2. The van der Waals surface area contributed by atoms with Gasteiger partial charge in [-0.2, -0.15) is 0 Å². The number of carbonyl (C=O) groups excluding carboxylic acids is 2. The monoisotopic (exact) mass is 398 g/mol. The van der Waals surface area contributed by atoms with Gasteiger partial charge in [0.15, 0.2) is 6.61 Å². The highest BCUT2D eigenvalue weighted by Gasteiger charge is 2.20. The van der Waals surface area contributed by atoms with Gasteiger partial charge in [-0.1, -0.05) is 13.8 Å². The van der Waals surface area contributed by atoms with Crippen LogP contribution in [0.4, 0.5) is 0 Å². The van der Waals surface area contributed by atoms with Crippen LogP contribution in [-0.2, 0) is 24.3 Å². The second-order valence-corrected chi connectivity index (χ2v) is 8.55. The van der Waals surface area contributed by atoms with E-state index in [1.165, 1.54) is 24.3 Å². The summed E-state index contributed by atoms with van der Waals surface area (Å²) in [4.78, 5) is 23.6. The number of carbonyl (C=O) groups is 2. The molecular formula is C18H26N2O6S. The number of sulfonamides is 1. The lowest BCUT2D eigenvalue weighted by Crippen LogP contribution is -2.32.